The van der Waals surface area contributed by atoms with E-state index in [2.05, 4.69) is 13.5 Å². The lowest BCUT2D eigenvalue weighted by Gasteiger charge is -2.16. The van der Waals surface area contributed by atoms with E-state index in [0.717, 1.165) is 12.3 Å². The van der Waals surface area contributed by atoms with Gasteiger partial charge >= 0.3 is 5.97 Å². The molecule has 1 aliphatic heterocycles. The molecule has 0 aromatic rings. The van der Waals surface area contributed by atoms with Crippen molar-refractivity contribution in [2.24, 2.45) is 11.8 Å². The van der Waals surface area contributed by atoms with Crippen molar-refractivity contribution in [1.29, 1.82) is 0 Å². The molecule has 66 valence electrons. The number of esters is 1. The average molecular weight is 166 g/mol. The van der Waals surface area contributed by atoms with Gasteiger partial charge in [-0.3, -0.25) is 0 Å². The Morgan fingerprint density at radius 2 is 2.25 bits per heavy atom. The quantitative estimate of drug-likeness (QED) is 0.462. The van der Waals surface area contributed by atoms with Gasteiger partial charge in [-0.05, 0) is 24.7 Å². The minimum Gasteiger partial charge on any atom is -0.458 e. The van der Waals surface area contributed by atoms with Crippen molar-refractivity contribution in [1.82, 2.24) is 0 Å². The summed E-state index contributed by atoms with van der Waals surface area (Å²) in [4.78, 5) is 11.0. The number of ether oxygens (including phenoxy) is 1. The minimum absolute atomic E-state index is 0.123. The van der Waals surface area contributed by atoms with Crippen LogP contribution < -0.4 is 0 Å². The molecule has 2 aliphatic rings. The highest BCUT2D eigenvalue weighted by Gasteiger charge is 2.39. The third-order valence-electron chi connectivity index (χ3n) is 2.95. The van der Waals surface area contributed by atoms with Gasteiger partial charge in [-0.2, -0.15) is 0 Å². The van der Waals surface area contributed by atoms with E-state index in [1.54, 1.807) is 0 Å². The zero-order valence-corrected chi connectivity index (χ0v) is 7.38. The molecule has 2 nitrogen and oxygen atoms in total. The molecule has 0 amide bonds. The molecule has 1 heterocycles. The maximum absolute atomic E-state index is 11.0. The van der Waals surface area contributed by atoms with Gasteiger partial charge in [0.05, 0.1) is 0 Å². The predicted molar refractivity (Wildman–Crippen MR) is 45.5 cm³/mol. The Labute approximate surface area is 72.6 Å². The summed E-state index contributed by atoms with van der Waals surface area (Å²) in [5, 5.41) is 0. The van der Waals surface area contributed by atoms with Gasteiger partial charge in [-0.25, -0.2) is 4.79 Å². The summed E-state index contributed by atoms with van der Waals surface area (Å²) >= 11 is 0. The van der Waals surface area contributed by atoms with Crippen LogP contribution in [0.25, 0.3) is 0 Å². The van der Waals surface area contributed by atoms with Gasteiger partial charge in [0, 0.05) is 12.0 Å². The van der Waals surface area contributed by atoms with Crippen LogP contribution in [0.5, 0.6) is 0 Å². The summed E-state index contributed by atoms with van der Waals surface area (Å²) < 4.78 is 5.20. The number of rotatable bonds is 2. The van der Waals surface area contributed by atoms with Crippen LogP contribution in [0.4, 0.5) is 0 Å². The van der Waals surface area contributed by atoms with Crippen LogP contribution >= 0.6 is 0 Å². The molecule has 0 spiro atoms. The summed E-state index contributed by atoms with van der Waals surface area (Å²) in [5.74, 6) is 1.15. The predicted octanol–water partition coefficient (Wildman–Crippen LogP) is 1.90. The molecule has 2 fully saturated rings. The van der Waals surface area contributed by atoms with Gasteiger partial charge in [-0.1, -0.05) is 13.5 Å². The second-order valence-corrected chi connectivity index (χ2v) is 3.95. The lowest BCUT2D eigenvalue weighted by Crippen LogP contribution is -2.18. The second-order valence-electron chi connectivity index (χ2n) is 3.95. The molecule has 12 heavy (non-hydrogen) atoms. The standard InChI is InChI=1S/C10H14O2/c1-6-5-9(12-10(6)11)7(2)8-3-4-8/h7-9H,1,3-5H2,2H3. The van der Waals surface area contributed by atoms with Gasteiger partial charge in [0.2, 0.25) is 0 Å². The van der Waals surface area contributed by atoms with E-state index in [4.69, 9.17) is 4.74 Å². The molecular formula is C10H14O2. The molecule has 1 saturated carbocycles. The molecule has 1 saturated heterocycles. The van der Waals surface area contributed by atoms with E-state index in [1.165, 1.54) is 12.8 Å². The summed E-state index contributed by atoms with van der Waals surface area (Å²) in [6.07, 6.45) is 3.48. The number of hydrogen-bond donors (Lipinski definition) is 0. The van der Waals surface area contributed by atoms with E-state index in [1.807, 2.05) is 0 Å². The average Bonchev–Trinajstić information content (AvgIpc) is 2.80. The molecule has 2 unspecified atom stereocenters. The van der Waals surface area contributed by atoms with Crippen molar-refractivity contribution >= 4 is 5.97 Å². The second kappa shape index (κ2) is 2.61. The molecule has 1 aliphatic carbocycles. The third-order valence-corrected chi connectivity index (χ3v) is 2.95. The molecule has 0 aromatic carbocycles. The monoisotopic (exact) mass is 166 g/mol. The van der Waals surface area contributed by atoms with Crippen LogP contribution in [-0.4, -0.2) is 12.1 Å². The lowest BCUT2D eigenvalue weighted by atomic mass is 9.96. The van der Waals surface area contributed by atoms with Crippen LogP contribution in [0.1, 0.15) is 26.2 Å². The Hall–Kier alpha value is -0.790. The van der Waals surface area contributed by atoms with Gasteiger partial charge < -0.3 is 4.74 Å². The Balaban J connectivity index is 1.97. The van der Waals surface area contributed by atoms with Gasteiger partial charge in [0.1, 0.15) is 6.10 Å². The zero-order chi connectivity index (χ0) is 8.72. The van der Waals surface area contributed by atoms with Crippen molar-refractivity contribution in [2.75, 3.05) is 0 Å². The topological polar surface area (TPSA) is 26.3 Å². The lowest BCUT2D eigenvalue weighted by molar-refractivity contribution is -0.140. The van der Waals surface area contributed by atoms with Crippen LogP contribution in [0, 0.1) is 11.8 Å². The Bertz CT molecular complexity index is 212. The molecular weight excluding hydrogens is 152 g/mol. The fourth-order valence-electron chi connectivity index (χ4n) is 1.81. The first-order valence-electron chi connectivity index (χ1n) is 4.57. The van der Waals surface area contributed by atoms with Gasteiger partial charge in [-0.15, -0.1) is 0 Å². The molecule has 2 atom stereocenters. The summed E-state index contributed by atoms with van der Waals surface area (Å²) in [6, 6.07) is 0. The highest BCUT2D eigenvalue weighted by molar-refractivity contribution is 5.89. The first-order chi connectivity index (χ1) is 5.68. The van der Waals surface area contributed by atoms with Crippen molar-refractivity contribution in [2.45, 2.75) is 32.3 Å². The first kappa shape index (κ1) is 7.84. The minimum atomic E-state index is -0.187. The maximum atomic E-state index is 11.0. The Kier molecular flexibility index (Phi) is 1.71. The fraction of sp³-hybridized carbons (Fsp3) is 0.700. The molecule has 0 bridgehead atoms. The molecule has 0 N–H and O–H groups in total. The Morgan fingerprint density at radius 1 is 1.58 bits per heavy atom. The zero-order valence-electron chi connectivity index (χ0n) is 7.38. The molecule has 0 radical (unpaired) electrons. The fourth-order valence-corrected chi connectivity index (χ4v) is 1.81. The van der Waals surface area contributed by atoms with E-state index in [0.29, 0.717) is 11.5 Å². The largest absolute Gasteiger partial charge is 0.458 e. The Morgan fingerprint density at radius 3 is 2.67 bits per heavy atom. The summed E-state index contributed by atoms with van der Waals surface area (Å²) in [5.41, 5.74) is 0.646. The third kappa shape index (κ3) is 1.26. The van der Waals surface area contributed by atoms with Crippen LogP contribution in [0.2, 0.25) is 0 Å². The number of cyclic esters (lactones) is 1. The normalized spacial score (nSPS) is 31.9. The SMILES string of the molecule is C=C1CC(C(C)C2CC2)OC1=O. The van der Waals surface area contributed by atoms with Crippen LogP contribution in [0.15, 0.2) is 12.2 Å². The first-order valence-corrected chi connectivity index (χ1v) is 4.57. The van der Waals surface area contributed by atoms with E-state index in [-0.39, 0.29) is 12.1 Å². The molecule has 0 aromatic heterocycles. The van der Waals surface area contributed by atoms with Crippen molar-refractivity contribution < 1.29 is 9.53 Å². The summed E-state index contributed by atoms with van der Waals surface area (Å²) in [7, 11) is 0. The molecule has 2 heteroatoms. The number of carbonyl (C=O) groups excluding carboxylic acids is 1. The van der Waals surface area contributed by atoms with Gasteiger partial charge in [0.25, 0.3) is 0 Å². The van der Waals surface area contributed by atoms with E-state index in [9.17, 15) is 4.79 Å². The van der Waals surface area contributed by atoms with E-state index < -0.39 is 0 Å². The van der Waals surface area contributed by atoms with Crippen LogP contribution in [0.3, 0.4) is 0 Å². The highest BCUT2D eigenvalue weighted by Crippen LogP contribution is 2.41. The number of hydrogen-bond acceptors (Lipinski definition) is 2. The highest BCUT2D eigenvalue weighted by atomic mass is 16.5. The maximum Gasteiger partial charge on any atom is 0.333 e. The van der Waals surface area contributed by atoms with Gasteiger partial charge in [0.15, 0.2) is 0 Å². The van der Waals surface area contributed by atoms with Crippen molar-refractivity contribution in [3.8, 4) is 0 Å². The van der Waals surface area contributed by atoms with E-state index >= 15 is 0 Å². The van der Waals surface area contributed by atoms with Crippen molar-refractivity contribution in [3.05, 3.63) is 12.2 Å². The number of carbonyl (C=O) groups is 1. The van der Waals surface area contributed by atoms with Crippen LogP contribution in [-0.2, 0) is 9.53 Å². The van der Waals surface area contributed by atoms with Crippen molar-refractivity contribution in [3.63, 3.8) is 0 Å². The smallest absolute Gasteiger partial charge is 0.333 e. The summed E-state index contributed by atoms with van der Waals surface area (Å²) in [6.45, 7) is 5.85. The molecule has 2 rings (SSSR count).